The zero-order valence-corrected chi connectivity index (χ0v) is 11.5. The lowest BCUT2D eigenvalue weighted by molar-refractivity contribution is -0.115. The van der Waals surface area contributed by atoms with Gasteiger partial charge in [0.15, 0.2) is 0 Å². The Balaban J connectivity index is 1.81. The summed E-state index contributed by atoms with van der Waals surface area (Å²) >= 11 is 1.80. The monoisotopic (exact) mass is 264 g/mol. The molecular formula is C14H20N2OS. The molecular weight excluding hydrogens is 244 g/mol. The van der Waals surface area contributed by atoms with Crippen LogP contribution in [-0.2, 0) is 4.79 Å². The van der Waals surface area contributed by atoms with Gasteiger partial charge in [0.1, 0.15) is 0 Å². The van der Waals surface area contributed by atoms with Gasteiger partial charge < -0.3 is 10.6 Å². The number of benzene rings is 1. The van der Waals surface area contributed by atoms with Crippen LogP contribution in [0.25, 0.3) is 0 Å². The van der Waals surface area contributed by atoms with Gasteiger partial charge in [-0.25, -0.2) is 0 Å². The number of carbonyl (C=O) groups excluding carboxylic acids is 1. The van der Waals surface area contributed by atoms with Crippen LogP contribution < -0.4 is 10.6 Å². The van der Waals surface area contributed by atoms with Crippen molar-refractivity contribution in [1.82, 2.24) is 5.32 Å². The summed E-state index contributed by atoms with van der Waals surface area (Å²) in [4.78, 5) is 12.0. The molecule has 0 spiro atoms. The van der Waals surface area contributed by atoms with Crippen LogP contribution in [0.4, 0.5) is 5.69 Å². The van der Waals surface area contributed by atoms with Gasteiger partial charge in [0.2, 0.25) is 5.91 Å². The normalized spacial score (nSPS) is 18.3. The molecule has 4 heteroatoms. The van der Waals surface area contributed by atoms with Crippen molar-refractivity contribution < 1.29 is 4.79 Å². The molecule has 1 fully saturated rings. The Bertz CT molecular complexity index is 377. The van der Waals surface area contributed by atoms with Gasteiger partial charge in [-0.05, 0) is 45.0 Å². The minimum atomic E-state index is 0.00769. The molecule has 0 radical (unpaired) electrons. The average Bonchev–Trinajstić information content (AvgIpc) is 2.41. The zero-order valence-electron chi connectivity index (χ0n) is 10.7. The van der Waals surface area contributed by atoms with Gasteiger partial charge in [-0.3, -0.25) is 4.79 Å². The van der Waals surface area contributed by atoms with Crippen LogP contribution in [0.15, 0.2) is 30.3 Å². The first kappa shape index (κ1) is 13.4. The van der Waals surface area contributed by atoms with Gasteiger partial charge in [-0.2, -0.15) is 0 Å². The Morgan fingerprint density at radius 3 is 2.67 bits per heavy atom. The molecule has 3 nitrogen and oxygen atoms in total. The highest BCUT2D eigenvalue weighted by atomic mass is 32.2. The first-order chi connectivity index (χ1) is 8.75. The van der Waals surface area contributed by atoms with Gasteiger partial charge in [0, 0.05) is 10.9 Å². The second-order valence-corrected chi connectivity index (χ2v) is 6.23. The van der Waals surface area contributed by atoms with Gasteiger partial charge in [-0.15, -0.1) is 11.8 Å². The number of hydrogen-bond acceptors (Lipinski definition) is 3. The predicted octanol–water partition coefficient (Wildman–Crippen LogP) is 2.50. The smallest absolute Gasteiger partial charge is 0.237 e. The number of anilines is 1. The number of hydrogen-bond donors (Lipinski definition) is 2. The maximum Gasteiger partial charge on any atom is 0.237 e. The summed E-state index contributed by atoms with van der Waals surface area (Å²) < 4.78 is 0. The van der Waals surface area contributed by atoms with Gasteiger partial charge in [0.25, 0.3) is 0 Å². The van der Waals surface area contributed by atoms with Gasteiger partial charge in [0.05, 0.1) is 5.25 Å². The van der Waals surface area contributed by atoms with Crippen molar-refractivity contribution in [3.05, 3.63) is 30.3 Å². The van der Waals surface area contributed by atoms with Crippen LogP contribution in [0.1, 0.15) is 19.8 Å². The largest absolute Gasteiger partial charge is 0.325 e. The molecule has 1 unspecified atom stereocenters. The van der Waals surface area contributed by atoms with Crippen LogP contribution in [-0.4, -0.2) is 29.5 Å². The van der Waals surface area contributed by atoms with Crippen molar-refractivity contribution in [3.8, 4) is 0 Å². The maximum atomic E-state index is 12.0. The molecule has 0 aromatic heterocycles. The van der Waals surface area contributed by atoms with Crippen LogP contribution in [0.2, 0.25) is 0 Å². The zero-order chi connectivity index (χ0) is 12.8. The summed E-state index contributed by atoms with van der Waals surface area (Å²) in [5.74, 6) is 0.102. The Labute approximate surface area is 113 Å². The van der Waals surface area contributed by atoms with Crippen LogP contribution in [0, 0.1) is 0 Å². The summed E-state index contributed by atoms with van der Waals surface area (Å²) in [5, 5.41) is 6.92. The fraction of sp³-hybridized carbons (Fsp3) is 0.500. The number of nitrogens with one attached hydrogen (secondary N) is 2. The summed E-state index contributed by atoms with van der Waals surface area (Å²) in [6, 6.07) is 9.64. The van der Waals surface area contributed by atoms with E-state index < -0.39 is 0 Å². The van der Waals surface area contributed by atoms with Crippen LogP contribution >= 0.6 is 11.8 Å². The Hall–Kier alpha value is -1.00. The molecule has 2 rings (SSSR count). The molecule has 1 aromatic rings. The third-order valence-electron chi connectivity index (χ3n) is 3.09. The van der Waals surface area contributed by atoms with Crippen LogP contribution in [0.5, 0.6) is 0 Å². The molecule has 0 aliphatic carbocycles. The SMILES string of the molecule is CC(SC1CCNCC1)C(=O)Nc1ccccc1. The molecule has 18 heavy (non-hydrogen) atoms. The number of para-hydroxylation sites is 1. The molecule has 1 saturated heterocycles. The first-order valence-electron chi connectivity index (χ1n) is 6.48. The van der Waals surface area contributed by atoms with Gasteiger partial charge in [-0.1, -0.05) is 18.2 Å². The fourth-order valence-corrected chi connectivity index (χ4v) is 3.32. The lowest BCUT2D eigenvalue weighted by Gasteiger charge is -2.24. The second kappa shape index (κ2) is 6.81. The van der Waals surface area contributed by atoms with Gasteiger partial charge >= 0.3 is 0 Å². The average molecular weight is 264 g/mol. The number of thioether (sulfide) groups is 1. The second-order valence-electron chi connectivity index (χ2n) is 4.58. The van der Waals surface area contributed by atoms with Crippen molar-refractivity contribution in [2.24, 2.45) is 0 Å². The highest BCUT2D eigenvalue weighted by molar-refractivity contribution is 8.01. The molecule has 1 aliphatic rings. The van der Waals surface area contributed by atoms with E-state index >= 15 is 0 Å². The molecule has 98 valence electrons. The third kappa shape index (κ3) is 4.03. The highest BCUT2D eigenvalue weighted by Crippen LogP contribution is 2.25. The van der Waals surface area contributed by atoms with E-state index in [1.165, 1.54) is 0 Å². The Morgan fingerprint density at radius 2 is 2.00 bits per heavy atom. The molecule has 1 heterocycles. The first-order valence-corrected chi connectivity index (χ1v) is 7.42. The third-order valence-corrected chi connectivity index (χ3v) is 4.57. The van der Waals surface area contributed by atoms with E-state index in [9.17, 15) is 4.79 Å². The van der Waals surface area contributed by atoms with E-state index in [0.29, 0.717) is 5.25 Å². The van der Waals surface area contributed by atoms with E-state index in [1.54, 1.807) is 11.8 Å². The molecule has 2 N–H and O–H groups in total. The topological polar surface area (TPSA) is 41.1 Å². The fourth-order valence-electron chi connectivity index (χ4n) is 2.05. The summed E-state index contributed by atoms with van der Waals surface area (Å²) in [6.07, 6.45) is 2.32. The van der Waals surface area contributed by atoms with E-state index in [2.05, 4.69) is 10.6 Å². The number of rotatable bonds is 4. The highest BCUT2D eigenvalue weighted by Gasteiger charge is 2.21. The van der Waals surface area contributed by atoms with E-state index in [0.717, 1.165) is 31.6 Å². The molecule has 1 amide bonds. The molecule has 0 bridgehead atoms. The van der Waals surface area contributed by atoms with Crippen molar-refractivity contribution >= 4 is 23.4 Å². The number of carbonyl (C=O) groups is 1. The molecule has 1 atom stereocenters. The van der Waals surface area contributed by atoms with Crippen molar-refractivity contribution in [3.63, 3.8) is 0 Å². The Morgan fingerprint density at radius 1 is 1.33 bits per heavy atom. The molecule has 1 aromatic carbocycles. The van der Waals surface area contributed by atoms with Crippen LogP contribution in [0.3, 0.4) is 0 Å². The minimum absolute atomic E-state index is 0.00769. The summed E-state index contributed by atoms with van der Waals surface area (Å²) in [7, 11) is 0. The maximum absolute atomic E-state index is 12.0. The minimum Gasteiger partial charge on any atom is -0.325 e. The van der Waals surface area contributed by atoms with Crippen molar-refractivity contribution in [2.75, 3.05) is 18.4 Å². The number of amides is 1. The summed E-state index contributed by atoms with van der Waals surface area (Å²) in [6.45, 7) is 4.14. The van der Waals surface area contributed by atoms with Crippen molar-refractivity contribution in [2.45, 2.75) is 30.3 Å². The Kier molecular flexibility index (Phi) is 5.08. The lowest BCUT2D eigenvalue weighted by Crippen LogP contribution is -2.32. The molecule has 0 saturated carbocycles. The summed E-state index contributed by atoms with van der Waals surface area (Å²) in [5.41, 5.74) is 0.875. The number of piperidine rings is 1. The standard InChI is InChI=1S/C14H20N2OS/c1-11(18-13-7-9-15-10-8-13)14(17)16-12-5-3-2-4-6-12/h2-6,11,13,15H,7-10H2,1H3,(H,16,17). The predicted molar refractivity (Wildman–Crippen MR) is 78.0 cm³/mol. The van der Waals surface area contributed by atoms with E-state index in [4.69, 9.17) is 0 Å². The van der Waals surface area contributed by atoms with E-state index in [1.807, 2.05) is 37.3 Å². The molecule has 1 aliphatic heterocycles. The van der Waals surface area contributed by atoms with E-state index in [-0.39, 0.29) is 11.2 Å². The quantitative estimate of drug-likeness (QED) is 0.878. The van der Waals surface area contributed by atoms with Crippen molar-refractivity contribution in [1.29, 1.82) is 0 Å². The lowest BCUT2D eigenvalue weighted by atomic mass is 10.2.